The molecule has 0 amide bonds. The summed E-state index contributed by atoms with van der Waals surface area (Å²) in [4.78, 5) is 0. The van der Waals surface area contributed by atoms with Gasteiger partial charge in [0.2, 0.25) is 0 Å². The van der Waals surface area contributed by atoms with Crippen LogP contribution >= 0.6 is 0 Å². The van der Waals surface area contributed by atoms with E-state index < -0.39 is 0 Å². The number of aryl methyl sites for hydroxylation is 10. The van der Waals surface area contributed by atoms with Gasteiger partial charge in [0, 0.05) is 0 Å². The summed E-state index contributed by atoms with van der Waals surface area (Å²) >= 11 is 0. The molecule has 0 radical (unpaired) electrons. The van der Waals surface area contributed by atoms with E-state index in [1.807, 2.05) is 12.1 Å². The zero-order valence-electron chi connectivity index (χ0n) is 41.0. The average Bonchev–Trinajstić information content (AvgIpc) is 3.26. The molecule has 0 unspecified atom stereocenters. The van der Waals surface area contributed by atoms with E-state index in [4.69, 9.17) is 0 Å². The van der Waals surface area contributed by atoms with Crippen LogP contribution in [-0.2, 0) is 5.41 Å². The Labute approximate surface area is 383 Å². The number of hydrogen-bond donors (Lipinski definition) is 0. The molecule has 0 aliphatic heterocycles. The minimum atomic E-state index is 0.285. The maximum absolute atomic E-state index is 2.23. The van der Waals surface area contributed by atoms with Crippen LogP contribution in [-0.4, -0.2) is 0 Å². The fraction of sp³-hybridized carbons (Fsp3) is 0.238. The van der Waals surface area contributed by atoms with E-state index in [1.165, 1.54) is 89.0 Å². The molecule has 0 saturated carbocycles. The third-order valence-corrected chi connectivity index (χ3v) is 10.7. The lowest BCUT2D eigenvalue weighted by Gasteiger charge is -2.18. The van der Waals surface area contributed by atoms with Crippen LogP contribution in [0.25, 0.3) is 22.3 Å². The van der Waals surface area contributed by atoms with Crippen molar-refractivity contribution in [1.29, 1.82) is 0 Å². The highest BCUT2D eigenvalue weighted by molar-refractivity contribution is 5.64. The molecule has 0 atom stereocenters. The van der Waals surface area contributed by atoms with Gasteiger partial charge >= 0.3 is 0 Å². The molecule has 0 aliphatic carbocycles. The molecule has 326 valence electrons. The molecule has 0 nitrogen and oxygen atoms in total. The van der Waals surface area contributed by atoms with Gasteiger partial charge in [-0.1, -0.05) is 259 Å². The molecule has 0 heterocycles. The van der Waals surface area contributed by atoms with Crippen LogP contribution in [0.3, 0.4) is 0 Å². The highest BCUT2D eigenvalue weighted by atomic mass is 14.2. The topological polar surface area (TPSA) is 0 Å². The molecule has 0 heteroatoms. The first-order chi connectivity index (χ1) is 29.9. The third kappa shape index (κ3) is 20.0. The van der Waals surface area contributed by atoms with E-state index in [0.717, 1.165) is 0 Å². The van der Waals surface area contributed by atoms with Crippen molar-refractivity contribution in [1.82, 2.24) is 0 Å². The Balaban J connectivity index is 0.000000203. The number of rotatable bonds is 2. The molecule has 0 spiro atoms. The molecule has 0 saturated heterocycles. The van der Waals surface area contributed by atoms with E-state index in [9.17, 15) is 0 Å². The van der Waals surface area contributed by atoms with Crippen molar-refractivity contribution < 1.29 is 0 Å². The van der Waals surface area contributed by atoms with Crippen LogP contribution in [0.4, 0.5) is 0 Å². The Morgan fingerprint density at radius 3 is 0.921 bits per heavy atom. The van der Waals surface area contributed by atoms with Crippen LogP contribution in [0.5, 0.6) is 0 Å². The summed E-state index contributed by atoms with van der Waals surface area (Å²) < 4.78 is 0. The maximum atomic E-state index is 2.23. The van der Waals surface area contributed by atoms with E-state index in [0.29, 0.717) is 0 Å². The lowest BCUT2D eigenvalue weighted by atomic mass is 9.87. The molecule has 0 bridgehead atoms. The van der Waals surface area contributed by atoms with Crippen LogP contribution in [0.1, 0.15) is 87.5 Å². The smallest absolute Gasteiger partial charge is 0.0132 e. The quantitative estimate of drug-likeness (QED) is 0.163. The van der Waals surface area contributed by atoms with Crippen molar-refractivity contribution in [3.8, 4) is 22.3 Å². The van der Waals surface area contributed by atoms with Crippen molar-refractivity contribution in [3.05, 3.63) is 261 Å². The van der Waals surface area contributed by atoms with Crippen molar-refractivity contribution in [2.45, 2.75) is 102 Å². The second-order valence-electron chi connectivity index (χ2n) is 17.9. The summed E-state index contributed by atoms with van der Waals surface area (Å²) in [5.41, 5.74) is 21.7. The van der Waals surface area contributed by atoms with Gasteiger partial charge in [-0.25, -0.2) is 0 Å². The van der Waals surface area contributed by atoms with Gasteiger partial charge in [-0.3, -0.25) is 0 Å². The lowest BCUT2D eigenvalue weighted by Crippen LogP contribution is -2.10. The molecular formula is C63H74. The summed E-state index contributed by atoms with van der Waals surface area (Å²) in [6.45, 7) is 30.1. The van der Waals surface area contributed by atoms with Crippen LogP contribution in [0.2, 0.25) is 0 Å². The monoisotopic (exact) mass is 831 g/mol. The fourth-order valence-electron chi connectivity index (χ4n) is 6.58. The predicted molar refractivity (Wildman–Crippen MR) is 280 cm³/mol. The second kappa shape index (κ2) is 26.3. The predicted octanol–water partition coefficient (Wildman–Crippen LogP) is 18.1. The number of benzene rings is 8. The molecule has 0 fully saturated rings. The SMILES string of the molecule is Cc1cc(C)c(C)c(C)c1.Cc1ccc(-c2ccccc2)cc1.Cc1ccc(C(C)(C)C)cc1.Cc1ccc(C)cc1.Cc1cccc(-c2ccccc2)c1.Cc1cccc(C)c1. The summed E-state index contributed by atoms with van der Waals surface area (Å²) in [5, 5.41) is 0. The van der Waals surface area contributed by atoms with Crippen LogP contribution in [0, 0.1) is 76.2 Å². The molecule has 8 rings (SSSR count). The molecule has 0 N–H and O–H groups in total. The maximum Gasteiger partial charge on any atom is -0.0132 e. The Kier molecular flexibility index (Phi) is 21.3. The van der Waals surface area contributed by atoms with E-state index in [1.54, 1.807) is 0 Å². The van der Waals surface area contributed by atoms with E-state index >= 15 is 0 Å². The minimum Gasteiger partial charge on any atom is -0.0622 e. The summed E-state index contributed by atoms with van der Waals surface area (Å²) in [7, 11) is 0. The Morgan fingerprint density at radius 1 is 0.238 bits per heavy atom. The van der Waals surface area contributed by atoms with Crippen LogP contribution in [0.15, 0.2) is 194 Å². The van der Waals surface area contributed by atoms with E-state index in [-0.39, 0.29) is 5.41 Å². The summed E-state index contributed by atoms with van der Waals surface area (Å²) in [5.74, 6) is 0. The van der Waals surface area contributed by atoms with Crippen molar-refractivity contribution >= 4 is 0 Å². The highest BCUT2D eigenvalue weighted by Gasteiger charge is 2.12. The first-order valence-electron chi connectivity index (χ1n) is 22.3. The van der Waals surface area contributed by atoms with Crippen molar-refractivity contribution in [2.24, 2.45) is 0 Å². The molecule has 8 aromatic rings. The zero-order chi connectivity index (χ0) is 46.4. The van der Waals surface area contributed by atoms with Gasteiger partial charge in [-0.15, -0.1) is 0 Å². The normalized spacial score (nSPS) is 10.1. The second-order valence-corrected chi connectivity index (χ2v) is 17.9. The van der Waals surface area contributed by atoms with Gasteiger partial charge in [0.05, 0.1) is 0 Å². The third-order valence-electron chi connectivity index (χ3n) is 10.7. The Bertz CT molecular complexity index is 2420. The molecule has 0 aromatic heterocycles. The molecule has 8 aromatic carbocycles. The number of hydrogen-bond acceptors (Lipinski definition) is 0. The Hall–Kier alpha value is -6.24. The van der Waals surface area contributed by atoms with Gasteiger partial charge < -0.3 is 0 Å². The highest BCUT2D eigenvalue weighted by Crippen LogP contribution is 2.22. The van der Waals surface area contributed by atoms with Crippen molar-refractivity contribution in [2.75, 3.05) is 0 Å². The van der Waals surface area contributed by atoms with Gasteiger partial charge in [-0.05, 0) is 126 Å². The first-order valence-corrected chi connectivity index (χ1v) is 22.3. The zero-order valence-corrected chi connectivity index (χ0v) is 41.0. The standard InChI is InChI=1S/2C13H12.C11H16.C10H14.2C8H10/c1-11-6-5-9-13(10-11)12-7-3-2-4-8-12;1-11-7-9-13(10-8-11)12-5-3-2-4-6-12;1-9-5-7-10(8-6-9)11(2,3)4;1-7-5-8(2)10(4)9(3)6-7;1-7-3-5-8(2)6-4-7;1-7-4-3-5-8(2)6-7/h2*2-10H,1H3;5-8H,1-4H3;5-6H,1-4H3;2*3-6H,1-2H3. The van der Waals surface area contributed by atoms with Gasteiger partial charge in [0.15, 0.2) is 0 Å². The summed E-state index contributed by atoms with van der Waals surface area (Å²) in [6, 6.07) is 68.1. The molecular weight excluding hydrogens is 757 g/mol. The summed E-state index contributed by atoms with van der Waals surface area (Å²) in [6.07, 6.45) is 0. The molecule has 63 heavy (non-hydrogen) atoms. The van der Waals surface area contributed by atoms with Gasteiger partial charge in [0.25, 0.3) is 0 Å². The van der Waals surface area contributed by atoms with Crippen LogP contribution < -0.4 is 0 Å². The largest absolute Gasteiger partial charge is 0.0622 e. The van der Waals surface area contributed by atoms with Gasteiger partial charge in [0.1, 0.15) is 0 Å². The molecule has 0 aliphatic rings. The van der Waals surface area contributed by atoms with Crippen molar-refractivity contribution in [3.63, 3.8) is 0 Å². The van der Waals surface area contributed by atoms with E-state index in [2.05, 4.69) is 279 Å². The average molecular weight is 831 g/mol. The van der Waals surface area contributed by atoms with Gasteiger partial charge in [-0.2, -0.15) is 0 Å². The minimum absolute atomic E-state index is 0.285. The first kappa shape index (κ1) is 51.1. The fourth-order valence-corrected chi connectivity index (χ4v) is 6.58. The lowest BCUT2D eigenvalue weighted by molar-refractivity contribution is 0.590. The Morgan fingerprint density at radius 2 is 0.556 bits per heavy atom.